The summed E-state index contributed by atoms with van der Waals surface area (Å²) >= 11 is 2.27. The average molecular weight is 372 g/mol. The number of carbonyl (C=O) groups is 1. The minimum absolute atomic E-state index is 0.103. The number of anilines is 1. The second-order valence-electron chi connectivity index (χ2n) is 5.22. The molecular weight excluding hydrogens is 351 g/mol. The standard InChI is InChI=1S/C15H21IN2O/c1-11(17-14-9-5-6-12(16)10-14)15(19)18-13-7-3-2-4-8-13/h5-6,9-11,13,17H,2-4,7-8H2,1H3,(H,18,19)/t11-/m0/s1. The molecule has 2 rings (SSSR count). The van der Waals surface area contributed by atoms with Gasteiger partial charge >= 0.3 is 0 Å². The fraction of sp³-hybridized carbons (Fsp3) is 0.533. The SMILES string of the molecule is C[C@H](Nc1cccc(I)c1)C(=O)NC1CCCCC1. The lowest BCUT2D eigenvalue weighted by atomic mass is 9.95. The second kappa shape index (κ2) is 7.12. The van der Waals surface area contributed by atoms with Crippen LogP contribution in [0.2, 0.25) is 0 Å². The summed E-state index contributed by atoms with van der Waals surface area (Å²) in [6, 6.07) is 8.26. The van der Waals surface area contributed by atoms with Gasteiger partial charge in [0.25, 0.3) is 0 Å². The van der Waals surface area contributed by atoms with E-state index < -0.39 is 0 Å². The average Bonchev–Trinajstić information content (AvgIpc) is 2.40. The minimum Gasteiger partial charge on any atom is -0.374 e. The molecule has 0 aliphatic heterocycles. The molecule has 1 amide bonds. The highest BCUT2D eigenvalue weighted by Crippen LogP contribution is 2.18. The smallest absolute Gasteiger partial charge is 0.242 e. The zero-order chi connectivity index (χ0) is 13.7. The topological polar surface area (TPSA) is 41.1 Å². The number of carbonyl (C=O) groups excluding carboxylic acids is 1. The summed E-state index contributed by atoms with van der Waals surface area (Å²) in [4.78, 5) is 12.1. The highest BCUT2D eigenvalue weighted by atomic mass is 127. The van der Waals surface area contributed by atoms with Crippen LogP contribution in [-0.4, -0.2) is 18.0 Å². The van der Waals surface area contributed by atoms with E-state index >= 15 is 0 Å². The van der Waals surface area contributed by atoms with Crippen molar-refractivity contribution in [3.63, 3.8) is 0 Å². The van der Waals surface area contributed by atoms with E-state index in [4.69, 9.17) is 0 Å². The number of amides is 1. The zero-order valence-corrected chi connectivity index (χ0v) is 13.4. The molecule has 3 nitrogen and oxygen atoms in total. The maximum absolute atomic E-state index is 12.1. The molecule has 0 aromatic heterocycles. The van der Waals surface area contributed by atoms with Crippen LogP contribution >= 0.6 is 22.6 Å². The van der Waals surface area contributed by atoms with Gasteiger partial charge in [0, 0.05) is 15.3 Å². The van der Waals surface area contributed by atoms with Crippen LogP contribution in [0.15, 0.2) is 24.3 Å². The monoisotopic (exact) mass is 372 g/mol. The molecule has 0 saturated heterocycles. The van der Waals surface area contributed by atoms with Gasteiger partial charge in [-0.25, -0.2) is 0 Å². The van der Waals surface area contributed by atoms with E-state index in [-0.39, 0.29) is 11.9 Å². The van der Waals surface area contributed by atoms with Crippen molar-refractivity contribution in [3.8, 4) is 0 Å². The summed E-state index contributed by atoms with van der Waals surface area (Å²) in [5, 5.41) is 6.41. The summed E-state index contributed by atoms with van der Waals surface area (Å²) in [6.07, 6.45) is 6.04. The Labute approximate surface area is 128 Å². The molecule has 1 saturated carbocycles. The van der Waals surface area contributed by atoms with E-state index in [9.17, 15) is 4.79 Å². The van der Waals surface area contributed by atoms with Gasteiger partial charge in [-0.3, -0.25) is 4.79 Å². The number of benzene rings is 1. The first kappa shape index (κ1) is 14.6. The van der Waals surface area contributed by atoms with Crippen LogP contribution in [0.25, 0.3) is 0 Å². The van der Waals surface area contributed by atoms with Crippen molar-refractivity contribution in [1.29, 1.82) is 0 Å². The van der Waals surface area contributed by atoms with E-state index in [0.717, 1.165) is 18.5 Å². The molecule has 1 atom stereocenters. The third-order valence-electron chi connectivity index (χ3n) is 3.55. The van der Waals surface area contributed by atoms with Crippen molar-refractivity contribution >= 4 is 34.2 Å². The Kier molecular flexibility index (Phi) is 5.48. The van der Waals surface area contributed by atoms with Crippen LogP contribution in [-0.2, 0) is 4.79 Å². The Morgan fingerprint density at radius 3 is 2.74 bits per heavy atom. The van der Waals surface area contributed by atoms with E-state index in [1.54, 1.807) is 0 Å². The molecule has 1 aliphatic carbocycles. The van der Waals surface area contributed by atoms with Gasteiger partial charge in [-0.05, 0) is 60.6 Å². The maximum atomic E-state index is 12.1. The van der Waals surface area contributed by atoms with Crippen molar-refractivity contribution in [2.75, 3.05) is 5.32 Å². The third kappa shape index (κ3) is 4.67. The first-order valence-corrected chi connectivity index (χ1v) is 8.05. The second-order valence-corrected chi connectivity index (χ2v) is 6.47. The summed E-state index contributed by atoms with van der Waals surface area (Å²) in [5.74, 6) is 0.103. The number of hydrogen-bond donors (Lipinski definition) is 2. The molecule has 0 heterocycles. The van der Waals surface area contributed by atoms with Crippen LogP contribution in [0, 0.1) is 3.57 Å². The molecular formula is C15H21IN2O. The van der Waals surface area contributed by atoms with Crippen molar-refractivity contribution < 1.29 is 4.79 Å². The molecule has 19 heavy (non-hydrogen) atoms. The van der Waals surface area contributed by atoms with Gasteiger partial charge in [0.2, 0.25) is 5.91 Å². The van der Waals surface area contributed by atoms with Gasteiger partial charge in [0.15, 0.2) is 0 Å². The van der Waals surface area contributed by atoms with E-state index in [0.29, 0.717) is 6.04 Å². The van der Waals surface area contributed by atoms with Crippen LogP contribution in [0.3, 0.4) is 0 Å². The van der Waals surface area contributed by atoms with E-state index in [1.165, 1.54) is 22.8 Å². The van der Waals surface area contributed by atoms with Crippen LogP contribution < -0.4 is 10.6 Å². The Hall–Kier alpha value is -0.780. The molecule has 0 spiro atoms. The summed E-state index contributed by atoms with van der Waals surface area (Å²) in [7, 11) is 0. The van der Waals surface area contributed by atoms with Gasteiger partial charge in [0.05, 0.1) is 0 Å². The fourth-order valence-electron chi connectivity index (χ4n) is 2.47. The molecule has 1 fully saturated rings. The molecule has 1 aromatic carbocycles. The minimum atomic E-state index is -0.194. The van der Waals surface area contributed by atoms with Crippen molar-refractivity contribution in [1.82, 2.24) is 5.32 Å². The van der Waals surface area contributed by atoms with Gasteiger partial charge in [-0.15, -0.1) is 0 Å². The lowest BCUT2D eigenvalue weighted by molar-refractivity contribution is -0.122. The summed E-state index contributed by atoms with van der Waals surface area (Å²) in [6.45, 7) is 1.91. The Bertz CT molecular complexity index is 430. The van der Waals surface area contributed by atoms with Crippen LogP contribution in [0.5, 0.6) is 0 Å². The number of hydrogen-bond acceptors (Lipinski definition) is 2. The van der Waals surface area contributed by atoms with Crippen LogP contribution in [0.4, 0.5) is 5.69 Å². The predicted molar refractivity (Wildman–Crippen MR) is 87.3 cm³/mol. The maximum Gasteiger partial charge on any atom is 0.242 e. The van der Waals surface area contributed by atoms with Crippen LogP contribution in [0.1, 0.15) is 39.0 Å². The van der Waals surface area contributed by atoms with Crippen molar-refractivity contribution in [2.24, 2.45) is 0 Å². The molecule has 0 bridgehead atoms. The quantitative estimate of drug-likeness (QED) is 0.794. The van der Waals surface area contributed by atoms with Gasteiger partial charge < -0.3 is 10.6 Å². The molecule has 0 unspecified atom stereocenters. The van der Waals surface area contributed by atoms with Gasteiger partial charge in [-0.1, -0.05) is 25.3 Å². The lowest BCUT2D eigenvalue weighted by Gasteiger charge is -2.25. The Morgan fingerprint density at radius 1 is 1.32 bits per heavy atom. The molecule has 1 aliphatic rings. The van der Waals surface area contributed by atoms with Gasteiger partial charge in [0.1, 0.15) is 6.04 Å². The molecule has 4 heteroatoms. The Balaban J connectivity index is 1.84. The first-order valence-electron chi connectivity index (χ1n) is 6.97. The molecule has 1 aromatic rings. The van der Waals surface area contributed by atoms with Crippen molar-refractivity contribution in [2.45, 2.75) is 51.1 Å². The predicted octanol–water partition coefficient (Wildman–Crippen LogP) is 3.54. The van der Waals surface area contributed by atoms with E-state index in [2.05, 4.69) is 33.2 Å². The number of nitrogens with one attached hydrogen (secondary N) is 2. The Morgan fingerprint density at radius 2 is 2.05 bits per heavy atom. The molecule has 0 radical (unpaired) electrons. The van der Waals surface area contributed by atoms with Crippen molar-refractivity contribution in [3.05, 3.63) is 27.8 Å². The van der Waals surface area contributed by atoms with Gasteiger partial charge in [-0.2, -0.15) is 0 Å². The van der Waals surface area contributed by atoms with E-state index in [1.807, 2.05) is 31.2 Å². The summed E-state index contributed by atoms with van der Waals surface area (Å²) in [5.41, 5.74) is 0.998. The zero-order valence-electron chi connectivity index (χ0n) is 11.3. The molecule has 2 N–H and O–H groups in total. The lowest BCUT2D eigenvalue weighted by Crippen LogP contribution is -2.44. The number of halogens is 1. The highest BCUT2D eigenvalue weighted by molar-refractivity contribution is 14.1. The summed E-state index contributed by atoms with van der Waals surface area (Å²) < 4.78 is 1.17. The number of rotatable bonds is 4. The normalized spacial score (nSPS) is 17.8. The fourth-order valence-corrected chi connectivity index (χ4v) is 3.01. The first-order chi connectivity index (χ1) is 9.15. The largest absolute Gasteiger partial charge is 0.374 e. The highest BCUT2D eigenvalue weighted by Gasteiger charge is 2.19. The third-order valence-corrected chi connectivity index (χ3v) is 4.22. The molecule has 104 valence electrons.